The summed E-state index contributed by atoms with van der Waals surface area (Å²) in [6, 6.07) is 7.11. The van der Waals surface area contributed by atoms with Gasteiger partial charge in [-0.1, -0.05) is 11.6 Å². The third-order valence-electron chi connectivity index (χ3n) is 1.64. The first-order chi connectivity index (χ1) is 6.26. The first kappa shape index (κ1) is 10.3. The molecule has 0 radical (unpaired) electrons. The van der Waals surface area contributed by atoms with Crippen LogP contribution in [0.3, 0.4) is 0 Å². The zero-order valence-corrected chi connectivity index (χ0v) is 8.00. The van der Waals surface area contributed by atoms with Crippen molar-refractivity contribution in [1.82, 2.24) is 0 Å². The summed E-state index contributed by atoms with van der Waals surface area (Å²) in [7, 11) is 0. The Hall–Kier alpha value is -0.770. The number of halogens is 1. The molecule has 1 aromatic carbocycles. The molecule has 3 nitrogen and oxygen atoms in total. The standard InChI is InChI=1S/C9H13ClN2O/c10-7-1-3-8(4-2-7)13-9(5-11)6-12/h1-4,9H,5-6,11-12H2. The molecule has 0 bridgehead atoms. The average molecular weight is 201 g/mol. The summed E-state index contributed by atoms with van der Waals surface area (Å²) in [6.45, 7) is 0.832. The first-order valence-corrected chi connectivity index (χ1v) is 4.46. The van der Waals surface area contributed by atoms with Crippen molar-refractivity contribution in [1.29, 1.82) is 0 Å². The van der Waals surface area contributed by atoms with Gasteiger partial charge in [0.05, 0.1) is 0 Å². The molecule has 0 fully saturated rings. The van der Waals surface area contributed by atoms with Crippen molar-refractivity contribution in [3.05, 3.63) is 29.3 Å². The van der Waals surface area contributed by atoms with Crippen molar-refractivity contribution in [2.24, 2.45) is 11.5 Å². The molecule has 0 atom stereocenters. The Balaban J connectivity index is 2.58. The van der Waals surface area contributed by atoms with Crippen LogP contribution in [0.5, 0.6) is 5.75 Å². The molecule has 72 valence electrons. The van der Waals surface area contributed by atoms with E-state index in [4.69, 9.17) is 27.8 Å². The van der Waals surface area contributed by atoms with Crippen molar-refractivity contribution in [2.45, 2.75) is 6.10 Å². The van der Waals surface area contributed by atoms with Crippen molar-refractivity contribution in [2.75, 3.05) is 13.1 Å². The fraction of sp³-hybridized carbons (Fsp3) is 0.333. The number of benzene rings is 1. The molecule has 4 heteroatoms. The lowest BCUT2D eigenvalue weighted by Gasteiger charge is -2.14. The van der Waals surface area contributed by atoms with Gasteiger partial charge in [-0.2, -0.15) is 0 Å². The van der Waals surface area contributed by atoms with E-state index in [0.29, 0.717) is 18.1 Å². The van der Waals surface area contributed by atoms with Gasteiger partial charge in [0.1, 0.15) is 11.9 Å². The van der Waals surface area contributed by atoms with Gasteiger partial charge in [0, 0.05) is 18.1 Å². The highest BCUT2D eigenvalue weighted by Gasteiger charge is 2.04. The van der Waals surface area contributed by atoms with E-state index in [-0.39, 0.29) is 6.10 Å². The number of hydrogen-bond acceptors (Lipinski definition) is 3. The second kappa shape index (κ2) is 5.07. The van der Waals surface area contributed by atoms with Gasteiger partial charge >= 0.3 is 0 Å². The number of nitrogens with two attached hydrogens (primary N) is 2. The van der Waals surface area contributed by atoms with Gasteiger partial charge in [0.2, 0.25) is 0 Å². The monoisotopic (exact) mass is 200 g/mol. The van der Waals surface area contributed by atoms with E-state index < -0.39 is 0 Å². The zero-order chi connectivity index (χ0) is 9.68. The summed E-state index contributed by atoms with van der Waals surface area (Å²) >= 11 is 5.71. The molecule has 4 N–H and O–H groups in total. The minimum atomic E-state index is -0.124. The van der Waals surface area contributed by atoms with Crippen LogP contribution in [0.4, 0.5) is 0 Å². The molecule has 13 heavy (non-hydrogen) atoms. The van der Waals surface area contributed by atoms with Crippen molar-refractivity contribution >= 4 is 11.6 Å². The van der Waals surface area contributed by atoms with E-state index in [1.807, 2.05) is 0 Å². The fourth-order valence-electron chi connectivity index (χ4n) is 0.898. The quantitative estimate of drug-likeness (QED) is 0.763. The summed E-state index contributed by atoms with van der Waals surface area (Å²) < 4.78 is 5.46. The Labute approximate surface area is 82.6 Å². The molecule has 0 spiro atoms. The molecule has 0 heterocycles. The van der Waals surface area contributed by atoms with Crippen LogP contribution in [0.1, 0.15) is 0 Å². The molecular formula is C9H13ClN2O. The fourth-order valence-corrected chi connectivity index (χ4v) is 1.02. The average Bonchev–Trinajstić information content (AvgIpc) is 2.17. The van der Waals surface area contributed by atoms with Crippen LogP contribution in [-0.2, 0) is 0 Å². The lowest BCUT2D eigenvalue weighted by Crippen LogP contribution is -2.34. The SMILES string of the molecule is NCC(CN)Oc1ccc(Cl)cc1. The van der Waals surface area contributed by atoms with E-state index in [1.54, 1.807) is 24.3 Å². The van der Waals surface area contributed by atoms with Crippen LogP contribution in [0.15, 0.2) is 24.3 Å². The summed E-state index contributed by atoms with van der Waals surface area (Å²) in [5.74, 6) is 0.741. The molecule has 0 aliphatic heterocycles. The van der Waals surface area contributed by atoms with Gasteiger partial charge in [0.15, 0.2) is 0 Å². The zero-order valence-electron chi connectivity index (χ0n) is 7.24. The lowest BCUT2D eigenvalue weighted by atomic mass is 10.3. The molecule has 0 unspecified atom stereocenters. The number of hydrogen-bond donors (Lipinski definition) is 2. The maximum atomic E-state index is 5.71. The van der Waals surface area contributed by atoms with Crippen LogP contribution < -0.4 is 16.2 Å². The van der Waals surface area contributed by atoms with E-state index in [2.05, 4.69) is 0 Å². The summed E-state index contributed by atoms with van der Waals surface area (Å²) in [5, 5.41) is 0.685. The van der Waals surface area contributed by atoms with Crippen LogP contribution >= 0.6 is 11.6 Å². The molecule has 0 amide bonds. The maximum Gasteiger partial charge on any atom is 0.123 e. The predicted molar refractivity (Wildman–Crippen MR) is 54.0 cm³/mol. The Morgan fingerprint density at radius 1 is 1.15 bits per heavy atom. The maximum absolute atomic E-state index is 5.71. The molecular weight excluding hydrogens is 188 g/mol. The first-order valence-electron chi connectivity index (χ1n) is 4.08. The highest BCUT2D eigenvalue weighted by molar-refractivity contribution is 6.30. The molecule has 0 aromatic heterocycles. The number of rotatable bonds is 4. The summed E-state index contributed by atoms with van der Waals surface area (Å²) in [5.41, 5.74) is 10.9. The Morgan fingerprint density at radius 2 is 1.69 bits per heavy atom. The predicted octanol–water partition coefficient (Wildman–Crippen LogP) is 1.00. The van der Waals surface area contributed by atoms with Crippen LogP contribution in [0.25, 0.3) is 0 Å². The van der Waals surface area contributed by atoms with Gasteiger partial charge in [-0.25, -0.2) is 0 Å². The molecule has 1 rings (SSSR count). The van der Waals surface area contributed by atoms with E-state index in [1.165, 1.54) is 0 Å². The van der Waals surface area contributed by atoms with E-state index in [0.717, 1.165) is 5.75 Å². The second-order valence-electron chi connectivity index (χ2n) is 2.67. The topological polar surface area (TPSA) is 61.3 Å². The van der Waals surface area contributed by atoms with Crippen molar-refractivity contribution in [3.63, 3.8) is 0 Å². The number of ether oxygens (including phenoxy) is 1. The molecule has 0 aliphatic carbocycles. The molecule has 1 aromatic rings. The highest BCUT2D eigenvalue weighted by atomic mass is 35.5. The van der Waals surface area contributed by atoms with Gasteiger partial charge in [0.25, 0.3) is 0 Å². The molecule has 0 saturated carbocycles. The van der Waals surface area contributed by atoms with E-state index in [9.17, 15) is 0 Å². The van der Waals surface area contributed by atoms with Crippen LogP contribution in [0, 0.1) is 0 Å². The smallest absolute Gasteiger partial charge is 0.123 e. The molecule has 0 saturated heterocycles. The van der Waals surface area contributed by atoms with Gasteiger partial charge in [-0.05, 0) is 24.3 Å². The normalized spacial score (nSPS) is 10.5. The largest absolute Gasteiger partial charge is 0.488 e. The van der Waals surface area contributed by atoms with Gasteiger partial charge in [-0.15, -0.1) is 0 Å². The van der Waals surface area contributed by atoms with Gasteiger partial charge < -0.3 is 16.2 Å². The Bertz CT molecular complexity index is 246. The van der Waals surface area contributed by atoms with Crippen LogP contribution in [0.2, 0.25) is 5.02 Å². The Kier molecular flexibility index (Phi) is 4.02. The minimum absolute atomic E-state index is 0.124. The minimum Gasteiger partial charge on any atom is -0.488 e. The Morgan fingerprint density at radius 3 is 2.15 bits per heavy atom. The van der Waals surface area contributed by atoms with Crippen molar-refractivity contribution in [3.8, 4) is 5.75 Å². The van der Waals surface area contributed by atoms with E-state index >= 15 is 0 Å². The third-order valence-corrected chi connectivity index (χ3v) is 1.89. The lowest BCUT2D eigenvalue weighted by molar-refractivity contribution is 0.217. The second-order valence-corrected chi connectivity index (χ2v) is 3.10. The van der Waals surface area contributed by atoms with Crippen LogP contribution in [-0.4, -0.2) is 19.2 Å². The highest BCUT2D eigenvalue weighted by Crippen LogP contribution is 2.16. The molecule has 0 aliphatic rings. The van der Waals surface area contributed by atoms with Crippen molar-refractivity contribution < 1.29 is 4.74 Å². The summed E-state index contributed by atoms with van der Waals surface area (Å²) in [6.07, 6.45) is -0.124. The van der Waals surface area contributed by atoms with Gasteiger partial charge in [-0.3, -0.25) is 0 Å². The summed E-state index contributed by atoms with van der Waals surface area (Å²) in [4.78, 5) is 0. The third kappa shape index (κ3) is 3.22.